The van der Waals surface area contributed by atoms with Gasteiger partial charge in [0.25, 0.3) is 5.56 Å². The van der Waals surface area contributed by atoms with Crippen LogP contribution in [0.4, 0.5) is 14.6 Å². The first-order valence-corrected chi connectivity index (χ1v) is 11.9. The van der Waals surface area contributed by atoms with Crippen molar-refractivity contribution >= 4 is 5.82 Å². The first-order chi connectivity index (χ1) is 16.5. The number of nitrogens with zero attached hydrogens (tertiary/aromatic N) is 4. The van der Waals surface area contributed by atoms with Gasteiger partial charge in [-0.2, -0.15) is 0 Å². The van der Waals surface area contributed by atoms with Gasteiger partial charge < -0.3 is 14.6 Å². The van der Waals surface area contributed by atoms with E-state index in [1.807, 2.05) is 7.05 Å². The normalized spacial score (nSPS) is 25.6. The highest BCUT2D eigenvalue weighted by molar-refractivity contribution is 5.75. The summed E-state index contributed by atoms with van der Waals surface area (Å²) in [4.78, 5) is 14.1. The van der Waals surface area contributed by atoms with Crippen LogP contribution in [-0.2, 0) is 7.05 Å². The molecule has 2 bridgehead atoms. The number of rotatable bonds is 4. The summed E-state index contributed by atoms with van der Waals surface area (Å²) in [6, 6.07) is 7.41. The summed E-state index contributed by atoms with van der Waals surface area (Å²) < 4.78 is 31.4. The monoisotopic (exact) mass is 480 g/mol. The van der Waals surface area contributed by atoms with Crippen molar-refractivity contribution in [1.29, 1.82) is 0 Å². The van der Waals surface area contributed by atoms with Gasteiger partial charge in [-0.15, -0.1) is 10.2 Å². The second-order valence-electron chi connectivity index (χ2n) is 11.1. The molecule has 2 aliphatic rings. The van der Waals surface area contributed by atoms with Crippen molar-refractivity contribution in [3.8, 4) is 28.1 Å². The molecule has 3 aromatic rings. The zero-order chi connectivity index (χ0) is 25.1. The Balaban J connectivity index is 1.44. The number of hydrogen-bond donors (Lipinski definition) is 1. The van der Waals surface area contributed by atoms with Crippen LogP contribution >= 0.6 is 0 Å². The highest BCUT2D eigenvalue weighted by Gasteiger charge is 2.50. The lowest BCUT2D eigenvalue weighted by Gasteiger charge is -2.44. The van der Waals surface area contributed by atoms with Gasteiger partial charge in [0.2, 0.25) is 0 Å². The van der Waals surface area contributed by atoms with E-state index >= 15 is 4.39 Å². The molecule has 0 amide bonds. The Bertz CT molecular complexity index is 1340. The number of benzene rings is 1. The number of phenols is 1. The van der Waals surface area contributed by atoms with Crippen LogP contribution in [0.25, 0.3) is 22.4 Å². The Morgan fingerprint density at radius 1 is 1.06 bits per heavy atom. The maximum Gasteiger partial charge on any atom is 0.250 e. The molecule has 0 aliphatic heterocycles. The fraction of sp³-hybridized carbons (Fsp3) is 0.444. The van der Waals surface area contributed by atoms with Gasteiger partial charge >= 0.3 is 0 Å². The summed E-state index contributed by atoms with van der Waals surface area (Å²) >= 11 is 0. The fourth-order valence-electron chi connectivity index (χ4n) is 6.26. The van der Waals surface area contributed by atoms with E-state index in [2.05, 4.69) is 28.9 Å². The smallest absolute Gasteiger partial charge is 0.250 e. The molecular formula is C27H30F2N4O2. The van der Waals surface area contributed by atoms with E-state index in [-0.39, 0.29) is 27.9 Å². The summed E-state index contributed by atoms with van der Waals surface area (Å²) in [6.45, 7) is 4.73. The summed E-state index contributed by atoms with van der Waals surface area (Å²) in [6.07, 6.45) is 7.39. The maximum atomic E-state index is 15.1. The van der Waals surface area contributed by atoms with E-state index in [9.17, 15) is 14.3 Å². The fourth-order valence-corrected chi connectivity index (χ4v) is 6.26. The minimum absolute atomic E-state index is 0.0363. The lowest BCUT2D eigenvalue weighted by Crippen LogP contribution is -2.42. The van der Waals surface area contributed by atoms with Crippen LogP contribution in [0.2, 0.25) is 0 Å². The van der Waals surface area contributed by atoms with E-state index in [0.29, 0.717) is 22.7 Å². The molecular weight excluding hydrogens is 450 g/mol. The molecule has 0 radical (unpaired) electrons. The Morgan fingerprint density at radius 3 is 2.34 bits per heavy atom. The van der Waals surface area contributed by atoms with Crippen molar-refractivity contribution in [3.05, 3.63) is 58.5 Å². The van der Waals surface area contributed by atoms with E-state index in [1.54, 1.807) is 19.2 Å². The average molecular weight is 481 g/mol. The summed E-state index contributed by atoms with van der Waals surface area (Å²) in [5, 5.41) is 19.0. The van der Waals surface area contributed by atoms with Gasteiger partial charge in [0.1, 0.15) is 5.75 Å². The zero-order valence-electron chi connectivity index (χ0n) is 20.5. The molecule has 2 fully saturated rings. The van der Waals surface area contributed by atoms with Gasteiger partial charge in [-0.25, -0.2) is 8.78 Å². The molecule has 2 aliphatic carbocycles. The number of halogens is 2. The van der Waals surface area contributed by atoms with Crippen molar-refractivity contribution in [3.63, 3.8) is 0 Å². The number of hydrogen-bond acceptors (Lipinski definition) is 5. The molecule has 35 heavy (non-hydrogen) atoms. The topological polar surface area (TPSA) is 71.2 Å². The van der Waals surface area contributed by atoms with Crippen LogP contribution in [0.15, 0.2) is 41.3 Å². The van der Waals surface area contributed by atoms with Crippen molar-refractivity contribution < 1.29 is 13.9 Å². The van der Waals surface area contributed by atoms with Crippen LogP contribution < -0.4 is 10.5 Å². The molecule has 0 saturated heterocycles. The Labute approximate surface area is 203 Å². The standard InChI is InChI=1S/C27H30F2N4O2/c1-26-8-9-27(2,15-26)14-17(13-26)33(4)21-6-5-19(30-31-21)23-20(34)12-18(24(28)25(23)29)16-7-10-32(3)22(35)11-16/h5-7,10-12,17,34H,8-9,13-15H2,1-4H3/t17?,26-,27+. The molecule has 1 N–H and O–H groups in total. The summed E-state index contributed by atoms with van der Waals surface area (Å²) in [7, 11) is 3.56. The number of aromatic nitrogens is 3. The summed E-state index contributed by atoms with van der Waals surface area (Å²) in [5.41, 5.74) is -0.0162. The molecule has 2 aromatic heterocycles. The van der Waals surface area contributed by atoms with Crippen molar-refractivity contribution in [2.75, 3.05) is 11.9 Å². The van der Waals surface area contributed by atoms with Gasteiger partial charge in [-0.1, -0.05) is 13.8 Å². The van der Waals surface area contributed by atoms with Gasteiger partial charge in [-0.3, -0.25) is 4.79 Å². The largest absolute Gasteiger partial charge is 0.507 e. The Morgan fingerprint density at radius 2 is 1.74 bits per heavy atom. The molecule has 1 unspecified atom stereocenters. The van der Waals surface area contributed by atoms with Crippen molar-refractivity contribution in [1.82, 2.24) is 14.8 Å². The van der Waals surface area contributed by atoms with E-state index < -0.39 is 17.4 Å². The number of phenolic OH excluding ortho intramolecular Hbond substituents is 1. The number of aromatic hydroxyl groups is 1. The minimum atomic E-state index is -1.24. The molecule has 6 nitrogen and oxygen atoms in total. The van der Waals surface area contributed by atoms with Gasteiger partial charge in [0, 0.05) is 38.0 Å². The van der Waals surface area contributed by atoms with Gasteiger partial charge in [0.05, 0.1) is 11.3 Å². The first-order valence-electron chi connectivity index (χ1n) is 11.9. The maximum absolute atomic E-state index is 15.1. The molecule has 2 heterocycles. The van der Waals surface area contributed by atoms with Crippen LogP contribution in [-0.4, -0.2) is 33.0 Å². The van der Waals surface area contributed by atoms with Crippen LogP contribution in [0, 0.1) is 22.5 Å². The Kier molecular flexibility index (Phi) is 5.45. The van der Waals surface area contributed by atoms with Gasteiger partial charge in [-0.05, 0) is 72.8 Å². The van der Waals surface area contributed by atoms with Crippen LogP contribution in [0.1, 0.15) is 46.0 Å². The molecule has 1 aromatic carbocycles. The first kappa shape index (κ1) is 23.5. The second kappa shape index (κ2) is 8.14. The third-order valence-electron chi connectivity index (χ3n) is 8.06. The van der Waals surface area contributed by atoms with Gasteiger partial charge in [0.15, 0.2) is 17.5 Å². The lowest BCUT2D eigenvalue weighted by atomic mass is 9.68. The third-order valence-corrected chi connectivity index (χ3v) is 8.06. The molecule has 0 spiro atoms. The predicted octanol–water partition coefficient (Wildman–Crippen LogP) is 5.29. The number of fused-ring (bicyclic) bond motifs is 2. The highest BCUT2D eigenvalue weighted by atomic mass is 19.2. The van der Waals surface area contributed by atoms with Crippen LogP contribution in [0.3, 0.4) is 0 Å². The van der Waals surface area contributed by atoms with E-state index in [4.69, 9.17) is 0 Å². The molecule has 8 heteroatoms. The average Bonchev–Trinajstić information content (AvgIpc) is 3.04. The van der Waals surface area contributed by atoms with Crippen molar-refractivity contribution in [2.45, 2.75) is 52.0 Å². The van der Waals surface area contributed by atoms with E-state index in [0.717, 1.165) is 18.9 Å². The highest BCUT2D eigenvalue weighted by Crippen LogP contribution is 2.58. The SMILES string of the molecule is CN(c1ccc(-c2c(O)cc(-c3ccn(C)c(=O)c3)c(F)c2F)nn1)C1C[C@]2(C)CC[C@](C)(C1)C2. The molecule has 5 rings (SSSR count). The molecule has 184 valence electrons. The Hall–Kier alpha value is -3.29. The summed E-state index contributed by atoms with van der Waals surface area (Å²) in [5.74, 6) is -2.21. The quantitative estimate of drug-likeness (QED) is 0.550. The minimum Gasteiger partial charge on any atom is -0.507 e. The zero-order valence-corrected chi connectivity index (χ0v) is 20.5. The second-order valence-corrected chi connectivity index (χ2v) is 11.1. The lowest BCUT2D eigenvalue weighted by molar-refractivity contribution is 0.148. The number of anilines is 1. The van der Waals surface area contributed by atoms with Crippen molar-refractivity contribution in [2.24, 2.45) is 17.9 Å². The molecule has 2 saturated carbocycles. The van der Waals surface area contributed by atoms with Crippen LogP contribution in [0.5, 0.6) is 5.75 Å². The third kappa shape index (κ3) is 4.09. The molecule has 3 atom stereocenters. The number of aryl methyl sites for hydroxylation is 1. The predicted molar refractivity (Wildman–Crippen MR) is 131 cm³/mol. The van der Waals surface area contributed by atoms with E-state index in [1.165, 1.54) is 42.2 Å². The number of pyridine rings is 1.